The van der Waals surface area contributed by atoms with Crippen LogP contribution in [-0.4, -0.2) is 10.7 Å². The average Bonchev–Trinajstić information content (AvgIpc) is 3.14. The van der Waals surface area contributed by atoms with Crippen molar-refractivity contribution in [1.29, 1.82) is 0 Å². The maximum Gasteiger partial charge on any atom is 0.280 e. The summed E-state index contributed by atoms with van der Waals surface area (Å²) in [6.07, 6.45) is 4.62. The van der Waals surface area contributed by atoms with E-state index in [9.17, 15) is 14.9 Å². The molecular weight excluding hydrogens is 354 g/mol. The lowest BCUT2D eigenvalue weighted by atomic mass is 9.98. The number of rotatable bonds is 7. The molecule has 0 aliphatic carbocycles. The van der Waals surface area contributed by atoms with Crippen molar-refractivity contribution in [2.45, 2.75) is 26.2 Å². The van der Waals surface area contributed by atoms with E-state index in [1.807, 2.05) is 31.2 Å². The van der Waals surface area contributed by atoms with E-state index in [-0.39, 0.29) is 23.0 Å². The molecule has 28 heavy (non-hydrogen) atoms. The fourth-order valence-electron chi connectivity index (χ4n) is 2.99. The van der Waals surface area contributed by atoms with E-state index in [1.54, 1.807) is 42.5 Å². The summed E-state index contributed by atoms with van der Waals surface area (Å²) in [7, 11) is 0. The summed E-state index contributed by atoms with van der Waals surface area (Å²) in [5, 5.41) is 11.4. The van der Waals surface area contributed by atoms with Gasteiger partial charge in [-0.1, -0.05) is 49.4 Å². The molecule has 1 atom stereocenters. The molecule has 0 aliphatic rings. The van der Waals surface area contributed by atoms with Gasteiger partial charge in [-0.05, 0) is 43.2 Å². The Hall–Kier alpha value is -3.47. The van der Waals surface area contributed by atoms with Crippen LogP contribution >= 0.6 is 0 Å². The number of nitrogens with zero attached hydrogens (tertiary/aromatic N) is 1. The van der Waals surface area contributed by atoms with Crippen molar-refractivity contribution in [2.75, 3.05) is 0 Å². The smallest absolute Gasteiger partial charge is 0.280 e. The molecular formula is C23H21NO4. The number of hydrogen-bond acceptors (Lipinski definition) is 4. The zero-order valence-electron chi connectivity index (χ0n) is 15.8. The maximum absolute atomic E-state index is 12.8. The molecule has 2 aromatic carbocycles. The summed E-state index contributed by atoms with van der Waals surface area (Å²) < 4.78 is 5.64. The lowest BCUT2D eigenvalue weighted by Gasteiger charge is -2.06. The Labute approximate surface area is 163 Å². The highest BCUT2D eigenvalue weighted by molar-refractivity contribution is 6.11. The fourth-order valence-corrected chi connectivity index (χ4v) is 2.99. The quantitative estimate of drug-likeness (QED) is 0.291. The molecule has 5 heteroatoms. The standard InChI is InChI=1S/C23H21NO4/c1-16(22-14-11-17(2)28-22)7-6-8-18-12-13-21(24(26)27)20(15-18)23(25)19-9-4-3-5-10-19/h3-6,8-16H,7H2,1-2H3. The number of furan rings is 1. The lowest BCUT2D eigenvalue weighted by molar-refractivity contribution is -0.385. The van der Waals surface area contributed by atoms with Gasteiger partial charge in [-0.3, -0.25) is 14.9 Å². The monoisotopic (exact) mass is 375 g/mol. The first-order valence-electron chi connectivity index (χ1n) is 9.07. The molecule has 1 aromatic heterocycles. The summed E-state index contributed by atoms with van der Waals surface area (Å²) in [4.78, 5) is 23.6. The van der Waals surface area contributed by atoms with Crippen LogP contribution in [0.15, 0.2) is 71.2 Å². The van der Waals surface area contributed by atoms with Gasteiger partial charge in [0.1, 0.15) is 17.1 Å². The predicted octanol–water partition coefficient (Wildman–Crippen LogP) is 5.93. The second-order valence-corrected chi connectivity index (χ2v) is 6.72. The van der Waals surface area contributed by atoms with Crippen LogP contribution in [0.5, 0.6) is 0 Å². The van der Waals surface area contributed by atoms with Crippen molar-refractivity contribution >= 4 is 17.5 Å². The van der Waals surface area contributed by atoms with Crippen LogP contribution in [0.3, 0.4) is 0 Å². The molecule has 0 N–H and O–H groups in total. The molecule has 3 aromatic rings. The molecule has 142 valence electrons. The van der Waals surface area contributed by atoms with E-state index in [2.05, 4.69) is 6.92 Å². The number of hydrogen-bond donors (Lipinski definition) is 0. The van der Waals surface area contributed by atoms with Crippen molar-refractivity contribution < 1.29 is 14.1 Å². The number of ketones is 1. The van der Waals surface area contributed by atoms with Crippen molar-refractivity contribution in [1.82, 2.24) is 0 Å². The van der Waals surface area contributed by atoms with Crippen LogP contribution < -0.4 is 0 Å². The number of nitro benzene ring substituents is 1. The fraction of sp³-hybridized carbons (Fsp3) is 0.174. The first-order chi connectivity index (χ1) is 13.5. The van der Waals surface area contributed by atoms with Gasteiger partial charge in [0.05, 0.1) is 4.92 Å². The van der Waals surface area contributed by atoms with E-state index in [0.29, 0.717) is 5.56 Å². The Balaban J connectivity index is 1.82. The highest BCUT2D eigenvalue weighted by Gasteiger charge is 2.21. The highest BCUT2D eigenvalue weighted by Crippen LogP contribution is 2.25. The van der Waals surface area contributed by atoms with Crippen LogP contribution in [0.2, 0.25) is 0 Å². The van der Waals surface area contributed by atoms with E-state index in [0.717, 1.165) is 23.5 Å². The van der Waals surface area contributed by atoms with Crippen LogP contribution in [0, 0.1) is 17.0 Å². The van der Waals surface area contributed by atoms with Gasteiger partial charge in [-0.25, -0.2) is 0 Å². The van der Waals surface area contributed by atoms with Crippen molar-refractivity contribution in [2.24, 2.45) is 0 Å². The molecule has 0 radical (unpaired) electrons. The molecule has 0 saturated heterocycles. The molecule has 0 fully saturated rings. The van der Waals surface area contributed by atoms with E-state index >= 15 is 0 Å². The van der Waals surface area contributed by atoms with Gasteiger partial charge in [0, 0.05) is 17.5 Å². The molecule has 5 nitrogen and oxygen atoms in total. The van der Waals surface area contributed by atoms with Gasteiger partial charge >= 0.3 is 0 Å². The number of carbonyl (C=O) groups is 1. The summed E-state index contributed by atoms with van der Waals surface area (Å²) in [5.74, 6) is 1.66. The third-order valence-electron chi connectivity index (χ3n) is 4.54. The van der Waals surface area contributed by atoms with Crippen molar-refractivity contribution in [3.63, 3.8) is 0 Å². The van der Waals surface area contributed by atoms with E-state index < -0.39 is 4.92 Å². The van der Waals surface area contributed by atoms with Crippen LogP contribution in [0.25, 0.3) is 6.08 Å². The minimum atomic E-state index is -0.523. The average molecular weight is 375 g/mol. The molecule has 1 unspecified atom stereocenters. The lowest BCUT2D eigenvalue weighted by Crippen LogP contribution is -2.05. The molecule has 0 bridgehead atoms. The van der Waals surface area contributed by atoms with Crippen molar-refractivity contribution in [3.8, 4) is 0 Å². The second kappa shape index (κ2) is 8.48. The highest BCUT2D eigenvalue weighted by atomic mass is 16.6. The molecule has 0 saturated carbocycles. The Kier molecular flexibility index (Phi) is 5.84. The number of benzene rings is 2. The number of nitro groups is 1. The minimum Gasteiger partial charge on any atom is -0.466 e. The third kappa shape index (κ3) is 4.43. The number of carbonyl (C=O) groups excluding carboxylic acids is 1. The molecule has 3 rings (SSSR count). The van der Waals surface area contributed by atoms with Gasteiger partial charge in [0.25, 0.3) is 5.69 Å². The Morgan fingerprint density at radius 1 is 1.14 bits per heavy atom. The van der Waals surface area contributed by atoms with Crippen molar-refractivity contribution in [3.05, 3.63) is 105 Å². The zero-order chi connectivity index (χ0) is 20.1. The van der Waals surface area contributed by atoms with Crippen LogP contribution in [-0.2, 0) is 0 Å². The SMILES string of the molecule is Cc1ccc(C(C)CC=Cc2ccc([N+](=O)[O-])c(C(=O)c3ccccc3)c2)o1. The van der Waals surface area contributed by atoms with Gasteiger partial charge in [0.15, 0.2) is 5.78 Å². The molecule has 0 spiro atoms. The van der Waals surface area contributed by atoms with Crippen LogP contribution in [0.1, 0.15) is 52.3 Å². The summed E-state index contributed by atoms with van der Waals surface area (Å²) in [6.45, 7) is 3.98. The van der Waals surface area contributed by atoms with Crippen LogP contribution in [0.4, 0.5) is 5.69 Å². The maximum atomic E-state index is 12.8. The van der Waals surface area contributed by atoms with Gasteiger partial charge < -0.3 is 4.42 Å². The van der Waals surface area contributed by atoms with E-state index in [1.165, 1.54) is 6.07 Å². The molecule has 1 heterocycles. The number of allylic oxidation sites excluding steroid dienone is 1. The van der Waals surface area contributed by atoms with Gasteiger partial charge in [-0.15, -0.1) is 0 Å². The summed E-state index contributed by atoms with van der Waals surface area (Å²) in [6, 6.07) is 17.1. The largest absolute Gasteiger partial charge is 0.466 e. The Morgan fingerprint density at radius 3 is 2.54 bits per heavy atom. The number of aryl methyl sites for hydroxylation is 1. The summed E-state index contributed by atoms with van der Waals surface area (Å²) >= 11 is 0. The first kappa shape index (κ1) is 19.3. The van der Waals surface area contributed by atoms with Gasteiger partial charge in [0.2, 0.25) is 0 Å². The normalized spacial score (nSPS) is 12.2. The third-order valence-corrected chi connectivity index (χ3v) is 4.54. The predicted molar refractivity (Wildman–Crippen MR) is 108 cm³/mol. The Morgan fingerprint density at radius 2 is 1.89 bits per heavy atom. The Bertz CT molecular complexity index is 1020. The van der Waals surface area contributed by atoms with E-state index in [4.69, 9.17) is 4.42 Å². The second-order valence-electron chi connectivity index (χ2n) is 6.72. The first-order valence-corrected chi connectivity index (χ1v) is 9.07. The zero-order valence-corrected chi connectivity index (χ0v) is 15.8. The molecule has 0 aliphatic heterocycles. The summed E-state index contributed by atoms with van der Waals surface area (Å²) in [5.41, 5.74) is 1.07. The topological polar surface area (TPSA) is 73.3 Å². The molecule has 0 amide bonds. The van der Waals surface area contributed by atoms with Gasteiger partial charge in [-0.2, -0.15) is 0 Å². The minimum absolute atomic E-state index is 0.0908.